The average Bonchev–Trinajstić information content (AvgIpc) is 3.03. The van der Waals surface area contributed by atoms with Crippen LogP contribution in [0, 0.1) is 0 Å². The minimum absolute atomic E-state index is 0.0779. The van der Waals surface area contributed by atoms with Crippen LogP contribution in [0.3, 0.4) is 0 Å². The van der Waals surface area contributed by atoms with Crippen molar-refractivity contribution in [2.45, 2.75) is 26.8 Å². The van der Waals surface area contributed by atoms with Crippen molar-refractivity contribution in [1.29, 1.82) is 0 Å². The monoisotopic (exact) mass is 582 g/mol. The number of carbonyl (C=O) groups is 3. The van der Waals surface area contributed by atoms with Gasteiger partial charge in [-0.15, -0.1) is 0 Å². The summed E-state index contributed by atoms with van der Waals surface area (Å²) in [6, 6.07) is 17.6. The number of methoxy groups -OCH3 is 1. The molecule has 2 aliphatic heterocycles. The van der Waals surface area contributed by atoms with Crippen LogP contribution in [0.15, 0.2) is 67.3 Å². The van der Waals surface area contributed by atoms with Crippen molar-refractivity contribution in [3.63, 3.8) is 0 Å². The van der Waals surface area contributed by atoms with Crippen molar-refractivity contribution >= 4 is 52.0 Å². The fraction of sp³-hybridized carbons (Fsp3) is 0.303. The number of amides is 4. The molecule has 1 fully saturated rings. The van der Waals surface area contributed by atoms with Crippen molar-refractivity contribution in [3.05, 3.63) is 78.4 Å². The fourth-order valence-corrected chi connectivity index (χ4v) is 5.49. The van der Waals surface area contributed by atoms with Crippen LogP contribution in [-0.4, -0.2) is 63.1 Å². The number of nitrogens with zero attached hydrogens (tertiary/aromatic N) is 4. The summed E-state index contributed by atoms with van der Waals surface area (Å²) in [5.74, 6) is 0.481. The zero-order valence-electron chi connectivity index (χ0n) is 25.1. The van der Waals surface area contributed by atoms with Crippen molar-refractivity contribution in [1.82, 2.24) is 4.90 Å². The first kappa shape index (κ1) is 29.5. The maximum Gasteiger partial charge on any atom is 0.329 e. The summed E-state index contributed by atoms with van der Waals surface area (Å²) < 4.78 is 5.48. The normalized spacial score (nSPS) is 14.7. The van der Waals surface area contributed by atoms with Gasteiger partial charge in [0.2, 0.25) is 11.8 Å². The topological polar surface area (TPSA) is 97.5 Å². The van der Waals surface area contributed by atoms with Gasteiger partial charge in [0, 0.05) is 63.3 Å². The van der Waals surface area contributed by atoms with E-state index < -0.39 is 0 Å². The van der Waals surface area contributed by atoms with Gasteiger partial charge in [-0.2, -0.15) is 0 Å². The Bertz CT molecular complexity index is 1540. The zero-order valence-corrected chi connectivity index (χ0v) is 25.1. The van der Waals surface area contributed by atoms with E-state index >= 15 is 0 Å². The quantitative estimate of drug-likeness (QED) is 0.347. The lowest BCUT2D eigenvalue weighted by Crippen LogP contribution is -2.48. The first-order valence-corrected chi connectivity index (χ1v) is 14.4. The molecule has 224 valence electrons. The number of ether oxygens (including phenoxy) is 1. The number of nitrogens with one attached hydrogen (secondary N) is 2. The van der Waals surface area contributed by atoms with Crippen molar-refractivity contribution in [2.75, 3.05) is 65.7 Å². The van der Waals surface area contributed by atoms with Gasteiger partial charge in [-0.1, -0.05) is 19.6 Å². The standard InChI is InChI=1S/C33H38N6O4/c1-6-23-16-27(19-28(17-23)43-5)39-21-24-8-9-25(18-31(24)36(4)33(39)42)34-29-11-10-26(20-30(29)35-32(41)7-2)38-14-12-37(13-15-38)22(3)40/h7-11,16-20,34H,2,6,12-15,21H2,1,3-5H3,(H,35,41). The van der Waals surface area contributed by atoms with E-state index in [0.717, 1.165) is 46.0 Å². The van der Waals surface area contributed by atoms with E-state index in [1.807, 2.05) is 59.5 Å². The summed E-state index contributed by atoms with van der Waals surface area (Å²) in [7, 11) is 3.40. The van der Waals surface area contributed by atoms with Gasteiger partial charge in [0.1, 0.15) is 5.75 Å². The van der Waals surface area contributed by atoms with Gasteiger partial charge < -0.3 is 25.2 Å². The summed E-state index contributed by atoms with van der Waals surface area (Å²) in [5, 5.41) is 6.34. The second-order valence-electron chi connectivity index (χ2n) is 10.7. The number of benzene rings is 3. The molecule has 1 saturated heterocycles. The lowest BCUT2D eigenvalue weighted by molar-refractivity contribution is -0.129. The first-order valence-electron chi connectivity index (χ1n) is 14.4. The SMILES string of the molecule is C=CC(=O)Nc1cc(N2CCN(C(C)=O)CC2)ccc1Nc1ccc2c(c1)N(C)C(=O)N(c1cc(CC)cc(OC)c1)C2. The van der Waals surface area contributed by atoms with Crippen molar-refractivity contribution < 1.29 is 19.1 Å². The van der Waals surface area contributed by atoms with Crippen LogP contribution in [0.2, 0.25) is 0 Å². The number of fused-ring (bicyclic) bond motifs is 1. The van der Waals surface area contributed by atoms with Crippen LogP contribution in [0.25, 0.3) is 0 Å². The Morgan fingerprint density at radius 1 is 0.977 bits per heavy atom. The molecule has 0 aromatic heterocycles. The molecule has 0 radical (unpaired) electrons. The second kappa shape index (κ2) is 12.5. The Morgan fingerprint density at radius 2 is 1.74 bits per heavy atom. The third-order valence-corrected chi connectivity index (χ3v) is 8.02. The molecule has 0 saturated carbocycles. The van der Waals surface area contributed by atoms with Gasteiger partial charge in [-0.05, 0) is 66.1 Å². The number of urea groups is 1. The average molecular weight is 583 g/mol. The van der Waals surface area contributed by atoms with Crippen LogP contribution >= 0.6 is 0 Å². The Balaban J connectivity index is 1.39. The molecule has 2 N–H and O–H groups in total. The molecule has 0 aliphatic carbocycles. The molecule has 10 nitrogen and oxygen atoms in total. The predicted molar refractivity (Wildman–Crippen MR) is 172 cm³/mol. The summed E-state index contributed by atoms with van der Waals surface area (Å²) in [6.45, 7) is 10.4. The predicted octanol–water partition coefficient (Wildman–Crippen LogP) is 5.37. The smallest absolute Gasteiger partial charge is 0.329 e. The Kier molecular flexibility index (Phi) is 8.56. The third kappa shape index (κ3) is 6.28. The van der Waals surface area contributed by atoms with Gasteiger partial charge in [-0.3, -0.25) is 19.4 Å². The zero-order chi connectivity index (χ0) is 30.7. The Morgan fingerprint density at radius 3 is 2.42 bits per heavy atom. The maximum absolute atomic E-state index is 13.5. The van der Waals surface area contributed by atoms with E-state index in [9.17, 15) is 14.4 Å². The Labute approximate surface area is 252 Å². The number of piperazine rings is 1. The molecule has 5 rings (SSSR count). The fourth-order valence-electron chi connectivity index (χ4n) is 5.49. The van der Waals surface area contributed by atoms with Crippen LogP contribution in [0.1, 0.15) is 25.0 Å². The number of hydrogen-bond acceptors (Lipinski definition) is 6. The van der Waals surface area contributed by atoms with Crippen molar-refractivity contribution in [3.8, 4) is 5.75 Å². The van der Waals surface area contributed by atoms with Crippen LogP contribution in [-0.2, 0) is 22.6 Å². The van der Waals surface area contributed by atoms with E-state index in [1.165, 1.54) is 6.08 Å². The molecule has 3 aromatic carbocycles. The number of anilines is 6. The van der Waals surface area contributed by atoms with Gasteiger partial charge in [0.15, 0.2) is 0 Å². The van der Waals surface area contributed by atoms with E-state index in [2.05, 4.69) is 29.0 Å². The highest BCUT2D eigenvalue weighted by molar-refractivity contribution is 6.06. The van der Waals surface area contributed by atoms with Gasteiger partial charge in [0.25, 0.3) is 0 Å². The van der Waals surface area contributed by atoms with Crippen LogP contribution < -0.4 is 30.1 Å². The van der Waals surface area contributed by atoms with Gasteiger partial charge in [0.05, 0.1) is 30.7 Å². The second-order valence-corrected chi connectivity index (χ2v) is 10.7. The van der Waals surface area contributed by atoms with E-state index in [4.69, 9.17) is 4.74 Å². The summed E-state index contributed by atoms with van der Waals surface area (Å²) in [4.78, 5) is 45.0. The lowest BCUT2D eigenvalue weighted by Gasteiger charge is -2.36. The molecule has 0 spiro atoms. The maximum atomic E-state index is 13.5. The molecular formula is C33H38N6O4. The summed E-state index contributed by atoms with van der Waals surface area (Å²) in [5.41, 5.74) is 6.75. The summed E-state index contributed by atoms with van der Waals surface area (Å²) in [6.07, 6.45) is 2.07. The van der Waals surface area contributed by atoms with Gasteiger partial charge >= 0.3 is 6.03 Å². The molecule has 0 unspecified atom stereocenters. The highest BCUT2D eigenvalue weighted by atomic mass is 16.5. The lowest BCUT2D eigenvalue weighted by atomic mass is 10.1. The summed E-state index contributed by atoms with van der Waals surface area (Å²) >= 11 is 0. The Hall–Kier alpha value is -4.99. The van der Waals surface area contributed by atoms with Crippen LogP contribution in [0.4, 0.5) is 38.9 Å². The number of carbonyl (C=O) groups excluding carboxylic acids is 3. The molecule has 3 aromatic rings. The van der Waals surface area contributed by atoms with E-state index in [0.29, 0.717) is 44.1 Å². The molecule has 0 atom stereocenters. The minimum Gasteiger partial charge on any atom is -0.497 e. The third-order valence-electron chi connectivity index (χ3n) is 8.02. The molecule has 10 heteroatoms. The first-order chi connectivity index (χ1) is 20.7. The molecule has 43 heavy (non-hydrogen) atoms. The van der Waals surface area contributed by atoms with E-state index in [1.54, 1.807) is 30.9 Å². The number of aryl methyl sites for hydroxylation is 1. The molecule has 0 bridgehead atoms. The number of rotatable bonds is 8. The van der Waals surface area contributed by atoms with Crippen molar-refractivity contribution in [2.24, 2.45) is 0 Å². The highest BCUT2D eigenvalue weighted by Crippen LogP contribution is 2.37. The van der Waals surface area contributed by atoms with Crippen LogP contribution in [0.5, 0.6) is 5.75 Å². The molecular weight excluding hydrogens is 544 g/mol. The molecule has 2 heterocycles. The van der Waals surface area contributed by atoms with E-state index in [-0.39, 0.29) is 17.8 Å². The molecule has 2 aliphatic rings. The van der Waals surface area contributed by atoms with Gasteiger partial charge in [-0.25, -0.2) is 4.79 Å². The largest absolute Gasteiger partial charge is 0.497 e. The highest BCUT2D eigenvalue weighted by Gasteiger charge is 2.30. The number of hydrogen-bond donors (Lipinski definition) is 2. The minimum atomic E-state index is -0.318. The molecule has 4 amide bonds.